The van der Waals surface area contributed by atoms with Gasteiger partial charge in [-0.3, -0.25) is 0 Å². The summed E-state index contributed by atoms with van der Waals surface area (Å²) in [6.07, 6.45) is 5.78. The van der Waals surface area contributed by atoms with Gasteiger partial charge in [0, 0.05) is 0 Å². The Morgan fingerprint density at radius 1 is 0.941 bits per heavy atom. The molecule has 1 aliphatic carbocycles. The molecule has 0 radical (unpaired) electrons. The average Bonchev–Trinajstić information content (AvgIpc) is 2.44. The van der Waals surface area contributed by atoms with Crippen LogP contribution in [0.25, 0.3) is 5.57 Å². The van der Waals surface area contributed by atoms with Crippen molar-refractivity contribution in [3.63, 3.8) is 0 Å². The third-order valence-corrected chi connectivity index (χ3v) is 4.08. The molecule has 2 rings (SSSR count). The number of hydrogen-bond acceptors (Lipinski definition) is 0. The van der Waals surface area contributed by atoms with Crippen LogP contribution in [0.2, 0.25) is 0 Å². The highest BCUT2D eigenvalue weighted by molar-refractivity contribution is 5.68. The molecular weight excluding hydrogens is 204 g/mol. The Morgan fingerprint density at radius 2 is 1.59 bits per heavy atom. The predicted molar refractivity (Wildman–Crippen MR) is 75.9 cm³/mol. The molecule has 90 valence electrons. The van der Waals surface area contributed by atoms with Crippen LogP contribution in [0.3, 0.4) is 0 Å². The van der Waals surface area contributed by atoms with Crippen molar-refractivity contribution in [1.82, 2.24) is 0 Å². The largest absolute Gasteiger partial charge is 0.0702 e. The quantitative estimate of drug-likeness (QED) is 0.632. The zero-order valence-electron chi connectivity index (χ0n) is 11.3. The summed E-state index contributed by atoms with van der Waals surface area (Å²) in [4.78, 5) is 0. The highest BCUT2D eigenvalue weighted by atomic mass is 14.2. The molecule has 0 aliphatic heterocycles. The lowest BCUT2D eigenvalue weighted by atomic mass is 9.86. The van der Waals surface area contributed by atoms with Gasteiger partial charge < -0.3 is 0 Å². The first kappa shape index (κ1) is 12.2. The van der Waals surface area contributed by atoms with E-state index in [4.69, 9.17) is 0 Å². The summed E-state index contributed by atoms with van der Waals surface area (Å²) in [7, 11) is 0. The van der Waals surface area contributed by atoms with Crippen molar-refractivity contribution in [2.75, 3.05) is 0 Å². The van der Waals surface area contributed by atoms with Gasteiger partial charge in [0.1, 0.15) is 0 Å². The van der Waals surface area contributed by atoms with Crippen LogP contribution in [0.15, 0.2) is 42.0 Å². The molecular formula is C17H22. The van der Waals surface area contributed by atoms with Crippen LogP contribution >= 0.6 is 0 Å². The van der Waals surface area contributed by atoms with Gasteiger partial charge in [-0.25, -0.2) is 0 Å². The Hall–Kier alpha value is -1.30. The van der Waals surface area contributed by atoms with E-state index in [1.807, 2.05) is 0 Å². The van der Waals surface area contributed by atoms with Crippen molar-refractivity contribution >= 4 is 5.57 Å². The molecule has 1 aliphatic rings. The van der Waals surface area contributed by atoms with E-state index >= 15 is 0 Å². The standard InChI is InChI=1S/C17H22/c1-12-5-8-16(9-6-12)17-10-7-13(2)15(4)14(3)11-17/h5-10,14-15H,11H2,1-4H3. The van der Waals surface area contributed by atoms with Crippen molar-refractivity contribution in [2.24, 2.45) is 11.8 Å². The second-order valence-electron chi connectivity index (χ2n) is 5.44. The van der Waals surface area contributed by atoms with E-state index < -0.39 is 0 Å². The van der Waals surface area contributed by atoms with Crippen molar-refractivity contribution < 1.29 is 0 Å². The molecule has 0 saturated heterocycles. The molecule has 1 aromatic carbocycles. The predicted octanol–water partition coefficient (Wildman–Crippen LogP) is 5.00. The summed E-state index contributed by atoms with van der Waals surface area (Å²) in [5.74, 6) is 1.41. The van der Waals surface area contributed by atoms with E-state index in [1.54, 1.807) is 0 Å². The van der Waals surface area contributed by atoms with Crippen molar-refractivity contribution in [3.8, 4) is 0 Å². The fourth-order valence-electron chi connectivity index (χ4n) is 2.41. The Balaban J connectivity index is 2.31. The van der Waals surface area contributed by atoms with E-state index in [-0.39, 0.29) is 0 Å². The molecule has 17 heavy (non-hydrogen) atoms. The molecule has 0 nitrogen and oxygen atoms in total. The lowest BCUT2D eigenvalue weighted by Crippen LogP contribution is -2.08. The zero-order valence-corrected chi connectivity index (χ0v) is 11.3. The van der Waals surface area contributed by atoms with Gasteiger partial charge in [-0.05, 0) is 43.2 Å². The molecule has 0 heterocycles. The third kappa shape index (κ3) is 2.69. The highest BCUT2D eigenvalue weighted by Crippen LogP contribution is 2.33. The topological polar surface area (TPSA) is 0 Å². The van der Waals surface area contributed by atoms with E-state index in [2.05, 4.69) is 64.1 Å². The summed E-state index contributed by atoms with van der Waals surface area (Å²) >= 11 is 0. The maximum atomic E-state index is 2.36. The fraction of sp³-hybridized carbons (Fsp3) is 0.412. The van der Waals surface area contributed by atoms with Crippen molar-refractivity contribution in [1.29, 1.82) is 0 Å². The highest BCUT2D eigenvalue weighted by Gasteiger charge is 2.18. The third-order valence-electron chi connectivity index (χ3n) is 4.08. The Kier molecular flexibility index (Phi) is 3.51. The van der Waals surface area contributed by atoms with Gasteiger partial charge in [-0.2, -0.15) is 0 Å². The Bertz CT molecular complexity index is 445. The Labute approximate surface area is 105 Å². The second kappa shape index (κ2) is 4.91. The molecule has 0 bridgehead atoms. The van der Waals surface area contributed by atoms with E-state index in [0.29, 0.717) is 5.92 Å². The average molecular weight is 226 g/mol. The molecule has 0 fully saturated rings. The van der Waals surface area contributed by atoms with Crippen LogP contribution in [0.4, 0.5) is 0 Å². The summed E-state index contributed by atoms with van der Waals surface area (Å²) in [5.41, 5.74) is 5.68. The van der Waals surface area contributed by atoms with Crippen LogP contribution in [-0.2, 0) is 0 Å². The number of benzene rings is 1. The molecule has 0 N–H and O–H groups in total. The molecule has 2 atom stereocenters. The second-order valence-corrected chi connectivity index (χ2v) is 5.44. The lowest BCUT2D eigenvalue weighted by Gasteiger charge is -2.19. The van der Waals surface area contributed by atoms with Crippen LogP contribution in [0.5, 0.6) is 0 Å². The smallest absolute Gasteiger partial charge is 0.0202 e. The summed E-state index contributed by atoms with van der Waals surface area (Å²) < 4.78 is 0. The minimum atomic E-state index is 0.689. The van der Waals surface area contributed by atoms with Crippen LogP contribution in [0.1, 0.15) is 38.3 Å². The van der Waals surface area contributed by atoms with Crippen molar-refractivity contribution in [2.45, 2.75) is 34.1 Å². The van der Waals surface area contributed by atoms with Crippen molar-refractivity contribution in [3.05, 3.63) is 53.1 Å². The van der Waals surface area contributed by atoms with E-state index in [1.165, 1.54) is 28.7 Å². The number of aryl methyl sites for hydroxylation is 1. The molecule has 0 amide bonds. The first-order valence-corrected chi connectivity index (χ1v) is 6.52. The fourth-order valence-corrected chi connectivity index (χ4v) is 2.41. The molecule has 0 spiro atoms. The van der Waals surface area contributed by atoms with Gasteiger partial charge in [-0.1, -0.05) is 61.4 Å². The van der Waals surface area contributed by atoms with Crippen LogP contribution in [-0.4, -0.2) is 0 Å². The molecule has 1 aromatic rings. The summed E-state index contributed by atoms with van der Waals surface area (Å²) in [6.45, 7) is 9.08. The van der Waals surface area contributed by atoms with Gasteiger partial charge in [0.15, 0.2) is 0 Å². The maximum Gasteiger partial charge on any atom is -0.0202 e. The van der Waals surface area contributed by atoms with Gasteiger partial charge in [0.2, 0.25) is 0 Å². The number of allylic oxidation sites excluding steroid dienone is 4. The van der Waals surface area contributed by atoms with Gasteiger partial charge >= 0.3 is 0 Å². The Morgan fingerprint density at radius 3 is 2.24 bits per heavy atom. The summed E-state index contributed by atoms with van der Waals surface area (Å²) in [6, 6.07) is 8.89. The SMILES string of the molecule is CC1=CC=C(c2ccc(C)cc2)CC(C)C1C. The zero-order chi connectivity index (χ0) is 12.4. The normalized spacial score (nSPS) is 24.9. The van der Waals surface area contributed by atoms with Gasteiger partial charge in [0.25, 0.3) is 0 Å². The van der Waals surface area contributed by atoms with Crippen LogP contribution < -0.4 is 0 Å². The number of hydrogen-bond donors (Lipinski definition) is 0. The monoisotopic (exact) mass is 226 g/mol. The van der Waals surface area contributed by atoms with Crippen LogP contribution in [0, 0.1) is 18.8 Å². The van der Waals surface area contributed by atoms with E-state index in [9.17, 15) is 0 Å². The molecule has 0 heteroatoms. The van der Waals surface area contributed by atoms with E-state index in [0.717, 1.165) is 5.92 Å². The first-order chi connectivity index (χ1) is 8.08. The van der Waals surface area contributed by atoms with Gasteiger partial charge in [0.05, 0.1) is 0 Å². The minimum absolute atomic E-state index is 0.689. The summed E-state index contributed by atoms with van der Waals surface area (Å²) in [5, 5.41) is 0. The molecule has 0 aromatic heterocycles. The lowest BCUT2D eigenvalue weighted by molar-refractivity contribution is 0.453. The van der Waals surface area contributed by atoms with Gasteiger partial charge in [-0.15, -0.1) is 0 Å². The first-order valence-electron chi connectivity index (χ1n) is 6.52. The minimum Gasteiger partial charge on any atom is -0.0702 e. The number of rotatable bonds is 1. The molecule has 0 saturated carbocycles. The maximum absolute atomic E-state index is 2.36. The molecule has 2 unspecified atom stereocenters.